The Morgan fingerprint density at radius 1 is 0.241 bits per heavy atom. The molecule has 0 aliphatic carbocycles. The highest BCUT2D eigenvalue weighted by Gasteiger charge is 2.22. The summed E-state index contributed by atoms with van der Waals surface area (Å²) in [5, 5.41) is 7.65. The van der Waals surface area contributed by atoms with Gasteiger partial charge in [-0.3, -0.25) is 0 Å². The van der Waals surface area contributed by atoms with E-state index in [4.69, 9.17) is 0 Å². The molecule has 54 heavy (non-hydrogen) atoms. The lowest BCUT2D eigenvalue weighted by molar-refractivity contribution is 1.17. The van der Waals surface area contributed by atoms with E-state index in [0.717, 1.165) is 5.69 Å². The van der Waals surface area contributed by atoms with Gasteiger partial charge in [0, 0.05) is 32.9 Å². The zero-order valence-electron chi connectivity index (χ0n) is 29.5. The third kappa shape index (κ3) is 4.74. The number of rotatable bonds is 5. The summed E-state index contributed by atoms with van der Waals surface area (Å²) in [4.78, 5) is 0. The molecular formula is C52H34N2. The predicted molar refractivity (Wildman–Crippen MR) is 229 cm³/mol. The molecule has 0 spiro atoms. The molecule has 9 aromatic carbocycles. The van der Waals surface area contributed by atoms with Gasteiger partial charge in [0.2, 0.25) is 0 Å². The summed E-state index contributed by atoms with van der Waals surface area (Å²) in [5.41, 5.74) is 14.4. The molecule has 0 bridgehead atoms. The molecule has 2 aromatic heterocycles. The maximum Gasteiger partial charge on any atom is 0.0549 e. The molecule has 0 unspecified atom stereocenters. The first-order valence-electron chi connectivity index (χ1n) is 18.6. The smallest absolute Gasteiger partial charge is 0.0549 e. The van der Waals surface area contributed by atoms with Gasteiger partial charge in [-0.15, -0.1) is 0 Å². The van der Waals surface area contributed by atoms with E-state index >= 15 is 0 Å². The Morgan fingerprint density at radius 3 is 1.30 bits per heavy atom. The van der Waals surface area contributed by atoms with Crippen LogP contribution in [0.15, 0.2) is 206 Å². The van der Waals surface area contributed by atoms with Gasteiger partial charge in [0.05, 0.1) is 22.1 Å². The van der Waals surface area contributed by atoms with Crippen LogP contribution in [-0.4, -0.2) is 9.13 Å². The van der Waals surface area contributed by atoms with Gasteiger partial charge in [0.25, 0.3) is 0 Å². The largest absolute Gasteiger partial charge is 0.309 e. The number of para-hydroxylation sites is 2. The van der Waals surface area contributed by atoms with Crippen LogP contribution in [0.1, 0.15) is 0 Å². The van der Waals surface area contributed by atoms with Crippen LogP contribution in [-0.2, 0) is 0 Å². The fourth-order valence-electron chi connectivity index (χ4n) is 8.65. The fraction of sp³-hybridized carbons (Fsp3) is 0. The summed E-state index contributed by atoms with van der Waals surface area (Å²) >= 11 is 0. The predicted octanol–water partition coefficient (Wildman–Crippen LogP) is 14.0. The van der Waals surface area contributed by atoms with Crippen molar-refractivity contribution in [3.8, 4) is 44.8 Å². The lowest BCUT2D eigenvalue weighted by Gasteiger charge is -2.13. The molecule has 2 heteroatoms. The summed E-state index contributed by atoms with van der Waals surface area (Å²) in [5.74, 6) is 0. The third-order valence-corrected chi connectivity index (χ3v) is 11.1. The molecule has 11 rings (SSSR count). The van der Waals surface area contributed by atoms with E-state index < -0.39 is 0 Å². The van der Waals surface area contributed by atoms with Gasteiger partial charge in [-0.2, -0.15) is 0 Å². The standard InChI is InChI=1S/C52H34N2/c1-4-14-35(15-5-1)39-32-40(36-16-6-2-7-17-36)34-41(33-39)37-24-27-43(28-25-37)53-46-23-13-12-22-45(46)51-48(53)30-31-49-52(51)50-44-21-11-10-18-38(44)26-29-47(50)54(49)42-19-8-3-9-20-42/h1-34H. The summed E-state index contributed by atoms with van der Waals surface area (Å²) in [7, 11) is 0. The first kappa shape index (κ1) is 30.5. The highest BCUT2D eigenvalue weighted by atomic mass is 15.0. The highest BCUT2D eigenvalue weighted by molar-refractivity contribution is 6.33. The van der Waals surface area contributed by atoms with E-state index in [-0.39, 0.29) is 0 Å². The van der Waals surface area contributed by atoms with Crippen LogP contribution in [0.4, 0.5) is 0 Å². The minimum absolute atomic E-state index is 1.14. The van der Waals surface area contributed by atoms with Crippen molar-refractivity contribution in [2.45, 2.75) is 0 Å². The second-order valence-electron chi connectivity index (χ2n) is 14.1. The monoisotopic (exact) mass is 686 g/mol. The Kier molecular flexibility index (Phi) is 6.90. The van der Waals surface area contributed by atoms with E-state index in [1.165, 1.54) is 93.5 Å². The molecule has 0 radical (unpaired) electrons. The van der Waals surface area contributed by atoms with Gasteiger partial charge in [-0.05, 0) is 111 Å². The van der Waals surface area contributed by atoms with Crippen LogP contribution >= 0.6 is 0 Å². The van der Waals surface area contributed by atoms with Crippen LogP contribution in [0.5, 0.6) is 0 Å². The molecule has 252 valence electrons. The van der Waals surface area contributed by atoms with E-state index in [1.54, 1.807) is 0 Å². The van der Waals surface area contributed by atoms with E-state index in [9.17, 15) is 0 Å². The fourth-order valence-corrected chi connectivity index (χ4v) is 8.65. The van der Waals surface area contributed by atoms with Crippen molar-refractivity contribution in [1.82, 2.24) is 9.13 Å². The lowest BCUT2D eigenvalue weighted by Crippen LogP contribution is -1.95. The maximum atomic E-state index is 2.44. The second-order valence-corrected chi connectivity index (χ2v) is 14.1. The number of aromatic nitrogens is 2. The Bertz CT molecular complexity index is 3110. The Balaban J connectivity index is 1.14. The zero-order chi connectivity index (χ0) is 35.6. The average Bonchev–Trinajstić information content (AvgIpc) is 3.78. The Morgan fingerprint density at radius 2 is 0.667 bits per heavy atom. The van der Waals surface area contributed by atoms with Gasteiger partial charge in [0.15, 0.2) is 0 Å². The summed E-state index contributed by atoms with van der Waals surface area (Å²) in [6.07, 6.45) is 0. The summed E-state index contributed by atoms with van der Waals surface area (Å²) in [6, 6.07) is 75.1. The molecule has 0 N–H and O–H groups in total. The summed E-state index contributed by atoms with van der Waals surface area (Å²) < 4.78 is 4.88. The minimum atomic E-state index is 1.14. The lowest BCUT2D eigenvalue weighted by atomic mass is 9.93. The molecule has 2 nitrogen and oxygen atoms in total. The van der Waals surface area contributed by atoms with Gasteiger partial charge in [0.1, 0.15) is 0 Å². The second kappa shape index (κ2) is 12.2. The van der Waals surface area contributed by atoms with Crippen molar-refractivity contribution in [3.63, 3.8) is 0 Å². The van der Waals surface area contributed by atoms with E-state index in [0.29, 0.717) is 0 Å². The molecule has 0 aliphatic rings. The van der Waals surface area contributed by atoms with Gasteiger partial charge >= 0.3 is 0 Å². The molecule has 0 fully saturated rings. The number of hydrogen-bond donors (Lipinski definition) is 0. The molecule has 0 aliphatic heterocycles. The quantitative estimate of drug-likeness (QED) is 0.171. The third-order valence-electron chi connectivity index (χ3n) is 11.1. The van der Waals surface area contributed by atoms with Crippen molar-refractivity contribution in [2.24, 2.45) is 0 Å². The van der Waals surface area contributed by atoms with Crippen molar-refractivity contribution in [1.29, 1.82) is 0 Å². The Hall–Kier alpha value is -7.16. The highest BCUT2D eigenvalue weighted by Crippen LogP contribution is 2.44. The maximum absolute atomic E-state index is 2.44. The SMILES string of the molecule is c1ccc(-c2cc(-c3ccccc3)cc(-c3ccc(-n4c5ccccc5c5c6c7c8ccccc8ccc7n(-c7ccccc7)c6ccc54)cc3)c2)cc1. The van der Waals surface area contributed by atoms with E-state index in [1.807, 2.05) is 0 Å². The van der Waals surface area contributed by atoms with Gasteiger partial charge < -0.3 is 9.13 Å². The number of benzene rings is 9. The average molecular weight is 687 g/mol. The molecular weight excluding hydrogens is 653 g/mol. The number of fused-ring (bicyclic) bond motifs is 9. The van der Waals surface area contributed by atoms with Crippen LogP contribution in [0.2, 0.25) is 0 Å². The van der Waals surface area contributed by atoms with E-state index in [2.05, 4.69) is 215 Å². The normalized spacial score (nSPS) is 11.7. The molecule has 0 saturated carbocycles. The van der Waals surface area contributed by atoms with Crippen LogP contribution in [0.3, 0.4) is 0 Å². The van der Waals surface area contributed by atoms with Gasteiger partial charge in [-0.25, -0.2) is 0 Å². The van der Waals surface area contributed by atoms with Crippen LogP contribution < -0.4 is 0 Å². The van der Waals surface area contributed by atoms with Crippen LogP contribution in [0, 0.1) is 0 Å². The molecule has 0 amide bonds. The first-order chi connectivity index (χ1) is 26.8. The molecule has 11 aromatic rings. The molecule has 0 atom stereocenters. The minimum Gasteiger partial charge on any atom is -0.309 e. The number of hydrogen-bond acceptors (Lipinski definition) is 0. The van der Waals surface area contributed by atoms with Crippen molar-refractivity contribution in [2.75, 3.05) is 0 Å². The number of nitrogens with zero attached hydrogens (tertiary/aromatic N) is 2. The van der Waals surface area contributed by atoms with Crippen molar-refractivity contribution in [3.05, 3.63) is 206 Å². The topological polar surface area (TPSA) is 9.86 Å². The zero-order valence-corrected chi connectivity index (χ0v) is 29.5. The van der Waals surface area contributed by atoms with Crippen LogP contribution in [0.25, 0.3) is 99.1 Å². The van der Waals surface area contributed by atoms with Crippen molar-refractivity contribution < 1.29 is 0 Å². The summed E-state index contributed by atoms with van der Waals surface area (Å²) in [6.45, 7) is 0. The van der Waals surface area contributed by atoms with Crippen molar-refractivity contribution >= 4 is 54.4 Å². The first-order valence-corrected chi connectivity index (χ1v) is 18.6. The molecule has 2 heterocycles. The molecule has 0 saturated heterocycles. The Labute approximate surface area is 313 Å². The van der Waals surface area contributed by atoms with Gasteiger partial charge in [-0.1, -0.05) is 140 Å².